The second-order valence-electron chi connectivity index (χ2n) is 5.16. The quantitative estimate of drug-likeness (QED) is 0.780. The summed E-state index contributed by atoms with van der Waals surface area (Å²) >= 11 is 1.69. The Morgan fingerprint density at radius 3 is 2.72 bits per heavy atom. The van der Waals surface area contributed by atoms with Gasteiger partial charge in [0, 0.05) is 18.0 Å². The van der Waals surface area contributed by atoms with Crippen LogP contribution in [0, 0.1) is 0 Å². The lowest BCUT2D eigenvalue weighted by atomic mass is 10.1. The third-order valence-electron chi connectivity index (χ3n) is 3.89. The van der Waals surface area contributed by atoms with Gasteiger partial charge in [-0.1, -0.05) is 6.07 Å². The summed E-state index contributed by atoms with van der Waals surface area (Å²) in [7, 11) is 0. The number of benzene rings is 1. The van der Waals surface area contributed by atoms with Crippen molar-refractivity contribution in [3.63, 3.8) is 0 Å². The Morgan fingerprint density at radius 2 is 1.89 bits per heavy atom. The van der Waals surface area contributed by atoms with Gasteiger partial charge in [0.05, 0.1) is 5.75 Å². The van der Waals surface area contributed by atoms with Crippen LogP contribution in [0.25, 0.3) is 0 Å². The maximum absolute atomic E-state index is 12.0. The second-order valence-corrected chi connectivity index (χ2v) is 6.21. The van der Waals surface area contributed by atoms with Gasteiger partial charge in [0.1, 0.15) is 0 Å². The minimum Gasteiger partial charge on any atom is -0.342 e. The van der Waals surface area contributed by atoms with Crippen molar-refractivity contribution in [1.82, 2.24) is 4.90 Å². The Morgan fingerprint density at radius 1 is 1.11 bits per heavy atom. The van der Waals surface area contributed by atoms with Gasteiger partial charge in [0.15, 0.2) is 0 Å². The summed E-state index contributed by atoms with van der Waals surface area (Å²) in [6.45, 7) is 1.92. The van der Waals surface area contributed by atoms with Crippen molar-refractivity contribution in [2.45, 2.75) is 37.0 Å². The molecule has 0 unspecified atom stereocenters. The molecule has 1 heterocycles. The van der Waals surface area contributed by atoms with Crippen LogP contribution in [0.3, 0.4) is 0 Å². The molecule has 2 aliphatic rings. The fraction of sp³-hybridized carbons (Fsp3) is 0.533. The maximum Gasteiger partial charge on any atom is 0.232 e. The van der Waals surface area contributed by atoms with Crippen LogP contribution in [-0.2, 0) is 17.6 Å². The summed E-state index contributed by atoms with van der Waals surface area (Å²) in [5, 5.41) is 0. The zero-order chi connectivity index (χ0) is 12.4. The lowest BCUT2D eigenvalue weighted by molar-refractivity contribution is -0.127. The molecule has 0 aromatic heterocycles. The summed E-state index contributed by atoms with van der Waals surface area (Å²) in [5.41, 5.74) is 3.00. The summed E-state index contributed by atoms with van der Waals surface area (Å²) < 4.78 is 0. The Kier molecular flexibility index (Phi) is 3.59. The molecule has 18 heavy (non-hydrogen) atoms. The number of amides is 1. The fourth-order valence-corrected chi connectivity index (χ4v) is 3.70. The van der Waals surface area contributed by atoms with E-state index in [1.165, 1.54) is 48.1 Å². The molecular formula is C15H19NOS. The van der Waals surface area contributed by atoms with Crippen LogP contribution in [0.2, 0.25) is 0 Å². The molecule has 1 aliphatic heterocycles. The molecule has 2 nitrogen and oxygen atoms in total. The largest absolute Gasteiger partial charge is 0.342 e. The van der Waals surface area contributed by atoms with E-state index in [9.17, 15) is 4.79 Å². The van der Waals surface area contributed by atoms with Crippen LogP contribution < -0.4 is 0 Å². The predicted octanol–water partition coefficient (Wildman–Crippen LogP) is 2.89. The van der Waals surface area contributed by atoms with Crippen LogP contribution in [-0.4, -0.2) is 29.6 Å². The van der Waals surface area contributed by atoms with E-state index in [0.29, 0.717) is 11.7 Å². The van der Waals surface area contributed by atoms with E-state index in [2.05, 4.69) is 18.2 Å². The predicted molar refractivity (Wildman–Crippen MR) is 75.0 cm³/mol. The number of aryl methyl sites for hydroxylation is 2. The summed E-state index contributed by atoms with van der Waals surface area (Å²) in [6, 6.07) is 6.70. The van der Waals surface area contributed by atoms with Crippen molar-refractivity contribution < 1.29 is 4.79 Å². The minimum absolute atomic E-state index is 0.304. The highest BCUT2D eigenvalue weighted by Crippen LogP contribution is 2.27. The molecule has 1 amide bonds. The van der Waals surface area contributed by atoms with Gasteiger partial charge in [0.25, 0.3) is 0 Å². The van der Waals surface area contributed by atoms with E-state index in [1.807, 2.05) is 4.90 Å². The Balaban J connectivity index is 1.58. The number of nitrogens with zero attached hydrogens (tertiary/aromatic N) is 1. The van der Waals surface area contributed by atoms with E-state index in [4.69, 9.17) is 0 Å². The van der Waals surface area contributed by atoms with Crippen molar-refractivity contribution in [3.05, 3.63) is 29.3 Å². The Labute approximate surface area is 113 Å². The highest BCUT2D eigenvalue weighted by molar-refractivity contribution is 8.00. The summed E-state index contributed by atoms with van der Waals surface area (Å²) in [5.74, 6) is 0.900. The molecule has 0 bridgehead atoms. The number of hydrogen-bond donors (Lipinski definition) is 0. The second kappa shape index (κ2) is 5.35. The summed E-state index contributed by atoms with van der Waals surface area (Å²) in [4.78, 5) is 15.2. The fourth-order valence-electron chi connectivity index (χ4n) is 2.84. The first-order chi connectivity index (χ1) is 8.83. The van der Waals surface area contributed by atoms with Crippen LogP contribution in [0.15, 0.2) is 23.1 Å². The zero-order valence-corrected chi connectivity index (χ0v) is 11.5. The molecule has 1 fully saturated rings. The lowest BCUT2D eigenvalue weighted by Gasteiger charge is -2.14. The zero-order valence-electron chi connectivity index (χ0n) is 10.7. The molecule has 96 valence electrons. The number of likely N-dealkylation sites (tertiary alicyclic amines) is 1. The van der Waals surface area contributed by atoms with Crippen LogP contribution in [0.1, 0.15) is 30.4 Å². The number of carbonyl (C=O) groups excluding carboxylic acids is 1. The van der Waals surface area contributed by atoms with Gasteiger partial charge in [-0.15, -0.1) is 11.8 Å². The first kappa shape index (κ1) is 12.1. The standard InChI is InChI=1S/C15H19NOS/c17-15(16-8-1-2-9-16)11-18-14-7-6-12-4-3-5-13(12)10-14/h6-7,10H,1-5,8-9,11H2. The van der Waals surface area contributed by atoms with E-state index in [-0.39, 0.29) is 0 Å². The van der Waals surface area contributed by atoms with E-state index in [0.717, 1.165) is 13.1 Å². The van der Waals surface area contributed by atoms with Gasteiger partial charge in [-0.25, -0.2) is 0 Å². The highest BCUT2D eigenvalue weighted by atomic mass is 32.2. The van der Waals surface area contributed by atoms with Crippen molar-refractivity contribution in [2.75, 3.05) is 18.8 Å². The van der Waals surface area contributed by atoms with Crippen molar-refractivity contribution in [3.8, 4) is 0 Å². The topological polar surface area (TPSA) is 20.3 Å². The molecule has 0 radical (unpaired) electrons. The minimum atomic E-state index is 0.304. The average Bonchev–Trinajstić information content (AvgIpc) is 3.05. The molecule has 0 saturated carbocycles. The van der Waals surface area contributed by atoms with Gasteiger partial charge in [-0.05, 0) is 55.4 Å². The number of rotatable bonds is 3. The van der Waals surface area contributed by atoms with Crippen molar-refractivity contribution >= 4 is 17.7 Å². The van der Waals surface area contributed by atoms with Crippen LogP contribution in [0.4, 0.5) is 0 Å². The third-order valence-corrected chi connectivity index (χ3v) is 4.87. The SMILES string of the molecule is O=C(CSc1ccc2c(c1)CCC2)N1CCCC1. The molecule has 0 N–H and O–H groups in total. The molecule has 0 atom stereocenters. The first-order valence-corrected chi connectivity index (χ1v) is 7.84. The summed E-state index contributed by atoms with van der Waals surface area (Å²) in [6.07, 6.45) is 6.08. The number of fused-ring (bicyclic) bond motifs is 1. The van der Waals surface area contributed by atoms with Gasteiger partial charge in [-0.3, -0.25) is 4.79 Å². The van der Waals surface area contributed by atoms with Crippen LogP contribution in [0.5, 0.6) is 0 Å². The Bertz CT molecular complexity index is 452. The monoisotopic (exact) mass is 261 g/mol. The van der Waals surface area contributed by atoms with Gasteiger partial charge in [-0.2, -0.15) is 0 Å². The lowest BCUT2D eigenvalue weighted by Crippen LogP contribution is -2.29. The molecule has 1 saturated heterocycles. The van der Waals surface area contributed by atoms with E-state index < -0.39 is 0 Å². The molecule has 3 rings (SSSR count). The molecule has 1 aromatic rings. The van der Waals surface area contributed by atoms with Gasteiger partial charge < -0.3 is 4.90 Å². The average molecular weight is 261 g/mol. The van der Waals surface area contributed by atoms with E-state index >= 15 is 0 Å². The maximum atomic E-state index is 12.0. The molecule has 1 aliphatic carbocycles. The number of hydrogen-bond acceptors (Lipinski definition) is 2. The first-order valence-electron chi connectivity index (χ1n) is 6.85. The van der Waals surface area contributed by atoms with Gasteiger partial charge >= 0.3 is 0 Å². The van der Waals surface area contributed by atoms with E-state index in [1.54, 1.807) is 11.8 Å². The number of carbonyl (C=O) groups is 1. The Hall–Kier alpha value is -0.960. The normalized spacial score (nSPS) is 18.1. The van der Waals surface area contributed by atoms with Crippen molar-refractivity contribution in [1.29, 1.82) is 0 Å². The molecular weight excluding hydrogens is 242 g/mol. The third kappa shape index (κ3) is 2.56. The van der Waals surface area contributed by atoms with Gasteiger partial charge in [0.2, 0.25) is 5.91 Å². The molecule has 0 spiro atoms. The highest BCUT2D eigenvalue weighted by Gasteiger charge is 2.18. The number of thioether (sulfide) groups is 1. The molecule has 1 aromatic carbocycles. The van der Waals surface area contributed by atoms with Crippen molar-refractivity contribution in [2.24, 2.45) is 0 Å². The molecule has 3 heteroatoms. The smallest absolute Gasteiger partial charge is 0.232 e. The van der Waals surface area contributed by atoms with Crippen LogP contribution >= 0.6 is 11.8 Å².